The Labute approximate surface area is 91.6 Å². The molecule has 2 saturated heterocycles. The summed E-state index contributed by atoms with van der Waals surface area (Å²) in [6, 6.07) is 1.02. The first-order chi connectivity index (χ1) is 5.20. The minimum absolute atomic E-state index is 0. The number of carbonyl (C=O) groups excluding carboxylic acids is 1. The van der Waals surface area contributed by atoms with Gasteiger partial charge in [0.15, 0.2) is 0 Å². The van der Waals surface area contributed by atoms with E-state index in [4.69, 9.17) is 0 Å². The highest BCUT2D eigenvalue weighted by Crippen LogP contribution is 2.35. The van der Waals surface area contributed by atoms with E-state index in [9.17, 15) is 4.79 Å². The highest BCUT2D eigenvalue weighted by atomic mass is 79.9. The number of ketones is 1. The number of rotatable bonds is 0. The second kappa shape index (κ2) is 3.76. The highest BCUT2D eigenvalue weighted by molar-refractivity contribution is 9.10. The van der Waals surface area contributed by atoms with Crippen LogP contribution in [0.25, 0.3) is 0 Å². The number of hydrogen-bond donors (Lipinski definition) is 0. The van der Waals surface area contributed by atoms with E-state index < -0.39 is 0 Å². The van der Waals surface area contributed by atoms with Crippen LogP contribution < -0.4 is 0 Å². The number of carbonyl (C=O) groups is 1. The normalized spacial score (nSPS) is 41.2. The van der Waals surface area contributed by atoms with Crippen LogP contribution in [0.4, 0.5) is 0 Å². The van der Waals surface area contributed by atoms with Crippen LogP contribution in [0, 0.1) is 0 Å². The molecule has 2 aliphatic heterocycles. The standard InChI is InChI=1S/C8H12BrNO.BrH/c1-10-5-2-3-6(10)8(9)7(11)4-5;/h5-6,8H,2-4H2,1H3;1H. The van der Waals surface area contributed by atoms with Gasteiger partial charge in [0.1, 0.15) is 5.78 Å². The molecule has 0 saturated carbocycles. The first-order valence-corrected chi connectivity index (χ1v) is 5.00. The van der Waals surface area contributed by atoms with Crippen molar-refractivity contribution < 1.29 is 4.79 Å². The molecular weight excluding hydrogens is 286 g/mol. The molecule has 0 aromatic carbocycles. The molecule has 3 atom stereocenters. The first-order valence-electron chi connectivity index (χ1n) is 4.09. The van der Waals surface area contributed by atoms with Crippen molar-refractivity contribution in [2.24, 2.45) is 0 Å². The van der Waals surface area contributed by atoms with Gasteiger partial charge in [-0.15, -0.1) is 17.0 Å². The van der Waals surface area contributed by atoms with Crippen molar-refractivity contribution in [1.29, 1.82) is 0 Å². The highest BCUT2D eigenvalue weighted by Gasteiger charge is 2.43. The van der Waals surface area contributed by atoms with E-state index in [1.54, 1.807) is 0 Å². The van der Waals surface area contributed by atoms with E-state index in [1.807, 2.05) is 0 Å². The van der Waals surface area contributed by atoms with Gasteiger partial charge in [-0.1, -0.05) is 15.9 Å². The molecule has 2 rings (SSSR count). The van der Waals surface area contributed by atoms with Gasteiger partial charge in [0.25, 0.3) is 0 Å². The average molecular weight is 299 g/mol. The Morgan fingerprint density at radius 1 is 1.50 bits per heavy atom. The van der Waals surface area contributed by atoms with Crippen LogP contribution in [-0.2, 0) is 4.79 Å². The van der Waals surface area contributed by atoms with Crippen molar-refractivity contribution in [3.05, 3.63) is 0 Å². The molecule has 2 bridgehead atoms. The Hall–Kier alpha value is 0.590. The number of nitrogens with zero attached hydrogens (tertiary/aromatic N) is 1. The predicted molar refractivity (Wildman–Crippen MR) is 57.2 cm³/mol. The van der Waals surface area contributed by atoms with E-state index in [0.29, 0.717) is 17.9 Å². The van der Waals surface area contributed by atoms with E-state index in [2.05, 4.69) is 27.9 Å². The topological polar surface area (TPSA) is 20.3 Å². The molecule has 0 aliphatic carbocycles. The predicted octanol–water partition coefficient (Wildman–Crippen LogP) is 1.76. The molecule has 0 N–H and O–H groups in total. The summed E-state index contributed by atoms with van der Waals surface area (Å²) in [6.45, 7) is 0. The van der Waals surface area contributed by atoms with Gasteiger partial charge in [-0.2, -0.15) is 0 Å². The van der Waals surface area contributed by atoms with Crippen LogP contribution in [0.2, 0.25) is 0 Å². The van der Waals surface area contributed by atoms with Gasteiger partial charge in [-0.25, -0.2) is 0 Å². The SMILES string of the molecule is Br.CN1C2CCC1C(Br)C(=O)C2. The summed E-state index contributed by atoms with van der Waals surface area (Å²) in [5, 5.41) is 0. The molecule has 0 aromatic rings. The maximum absolute atomic E-state index is 11.3. The van der Waals surface area contributed by atoms with Gasteiger partial charge in [-0.05, 0) is 19.9 Å². The monoisotopic (exact) mass is 297 g/mol. The lowest BCUT2D eigenvalue weighted by Crippen LogP contribution is -2.47. The van der Waals surface area contributed by atoms with Crippen molar-refractivity contribution >= 4 is 38.7 Å². The van der Waals surface area contributed by atoms with Crippen molar-refractivity contribution in [1.82, 2.24) is 4.90 Å². The van der Waals surface area contributed by atoms with Crippen LogP contribution in [0.3, 0.4) is 0 Å². The Morgan fingerprint density at radius 2 is 2.17 bits per heavy atom. The fourth-order valence-corrected chi connectivity index (χ4v) is 3.02. The van der Waals surface area contributed by atoms with Crippen molar-refractivity contribution in [3.8, 4) is 0 Å². The van der Waals surface area contributed by atoms with E-state index in [-0.39, 0.29) is 21.8 Å². The molecule has 4 heteroatoms. The number of hydrogen-bond acceptors (Lipinski definition) is 2. The Kier molecular flexibility index (Phi) is 3.34. The maximum Gasteiger partial charge on any atom is 0.149 e. The van der Waals surface area contributed by atoms with Crippen LogP contribution >= 0.6 is 32.9 Å². The fraction of sp³-hybridized carbons (Fsp3) is 0.875. The number of alkyl halides is 1. The van der Waals surface area contributed by atoms with Crippen LogP contribution in [0.5, 0.6) is 0 Å². The lowest BCUT2D eigenvalue weighted by atomic mass is 10.0. The largest absolute Gasteiger partial charge is 0.298 e. The fourth-order valence-electron chi connectivity index (χ4n) is 2.20. The number of Topliss-reactive ketones (excluding diaryl/α,β-unsaturated/α-hetero) is 1. The molecular formula is C8H13Br2NO. The van der Waals surface area contributed by atoms with Crippen LogP contribution in [-0.4, -0.2) is 34.6 Å². The Balaban J connectivity index is 0.000000720. The van der Waals surface area contributed by atoms with Gasteiger partial charge >= 0.3 is 0 Å². The molecule has 2 aliphatic rings. The summed E-state index contributed by atoms with van der Waals surface area (Å²) < 4.78 is 0. The molecule has 3 unspecified atom stereocenters. The smallest absolute Gasteiger partial charge is 0.149 e. The first kappa shape index (κ1) is 10.7. The van der Waals surface area contributed by atoms with Crippen molar-refractivity contribution in [2.75, 3.05) is 7.05 Å². The van der Waals surface area contributed by atoms with Gasteiger partial charge in [0.05, 0.1) is 4.83 Å². The summed E-state index contributed by atoms with van der Waals surface area (Å²) in [6.07, 6.45) is 3.14. The third-order valence-corrected chi connectivity index (χ3v) is 4.10. The minimum Gasteiger partial charge on any atom is -0.298 e. The summed E-state index contributed by atoms with van der Waals surface area (Å²) in [5.74, 6) is 0.399. The summed E-state index contributed by atoms with van der Waals surface area (Å²) >= 11 is 3.46. The van der Waals surface area contributed by atoms with Gasteiger partial charge in [0.2, 0.25) is 0 Å². The van der Waals surface area contributed by atoms with E-state index >= 15 is 0 Å². The molecule has 2 heterocycles. The molecule has 0 radical (unpaired) electrons. The third-order valence-electron chi connectivity index (χ3n) is 2.98. The minimum atomic E-state index is 0. The zero-order valence-corrected chi connectivity index (χ0v) is 10.3. The number of halogens is 2. The molecule has 2 fully saturated rings. The zero-order valence-electron chi connectivity index (χ0n) is 7.00. The summed E-state index contributed by atoms with van der Waals surface area (Å²) in [7, 11) is 2.13. The van der Waals surface area contributed by atoms with Crippen molar-refractivity contribution in [2.45, 2.75) is 36.2 Å². The Bertz CT molecular complexity index is 197. The molecule has 12 heavy (non-hydrogen) atoms. The lowest BCUT2D eigenvalue weighted by Gasteiger charge is -2.33. The lowest BCUT2D eigenvalue weighted by molar-refractivity contribution is -0.122. The van der Waals surface area contributed by atoms with E-state index in [0.717, 1.165) is 6.42 Å². The molecule has 70 valence electrons. The average Bonchev–Trinajstić information content (AvgIpc) is 2.23. The van der Waals surface area contributed by atoms with E-state index in [1.165, 1.54) is 12.8 Å². The molecule has 0 amide bonds. The number of piperidine rings is 1. The Morgan fingerprint density at radius 3 is 2.83 bits per heavy atom. The van der Waals surface area contributed by atoms with Crippen LogP contribution in [0.1, 0.15) is 19.3 Å². The van der Waals surface area contributed by atoms with Gasteiger partial charge in [0, 0.05) is 18.5 Å². The summed E-state index contributed by atoms with van der Waals surface area (Å²) in [5.41, 5.74) is 0. The molecule has 2 nitrogen and oxygen atoms in total. The second-order valence-corrected chi connectivity index (χ2v) is 4.52. The van der Waals surface area contributed by atoms with Crippen LogP contribution in [0.15, 0.2) is 0 Å². The second-order valence-electron chi connectivity index (χ2n) is 3.54. The molecule has 0 aromatic heterocycles. The van der Waals surface area contributed by atoms with Gasteiger partial charge in [-0.3, -0.25) is 9.69 Å². The molecule has 0 spiro atoms. The maximum atomic E-state index is 11.3. The summed E-state index contributed by atoms with van der Waals surface area (Å²) in [4.78, 5) is 13.8. The number of fused-ring (bicyclic) bond motifs is 2. The van der Waals surface area contributed by atoms with Crippen molar-refractivity contribution in [3.63, 3.8) is 0 Å². The zero-order chi connectivity index (χ0) is 8.01. The quantitative estimate of drug-likeness (QED) is 0.635. The third kappa shape index (κ3) is 1.49. The van der Waals surface area contributed by atoms with Gasteiger partial charge < -0.3 is 0 Å².